The molecule has 0 fully saturated rings. The van der Waals surface area contributed by atoms with E-state index in [1.54, 1.807) is 0 Å². The summed E-state index contributed by atoms with van der Waals surface area (Å²) in [5.74, 6) is -0.856. The van der Waals surface area contributed by atoms with Crippen LogP contribution in [0.4, 0.5) is 0 Å². The van der Waals surface area contributed by atoms with E-state index >= 15 is 0 Å². The smallest absolute Gasteiger partial charge is 0.306 e. The van der Waals surface area contributed by atoms with E-state index in [-0.39, 0.29) is 26.1 Å². The maximum absolute atomic E-state index is 12.8. The predicted molar refractivity (Wildman–Crippen MR) is 341 cm³/mol. The Kier molecular flexibility index (Phi) is 56.5. The standard InChI is InChI=1S/C70H116NO8P/c1-6-8-10-12-14-16-18-20-22-24-26-28-30-32-33-34-35-36-37-39-41-43-45-47-49-51-53-55-57-59-61-63-70(73)79-68(67-78-80(74,75)77-65-64-71(3,4)5)66-76-69(72)62-60-58-56-54-52-50-48-46-44-42-40-38-31-29-27-25-23-21-19-17-15-13-11-9-7-2/h8-11,14-17,20-23,26-29,32-33,35-36,38-41,68H,6-7,12-13,18-19,24-25,30-31,34,37,42-67H2,1-5H3/b10-8-,11-9-,16-14-,17-15-,22-20-,23-21-,28-26-,29-27-,33-32-,36-35-,40-38-,41-39-. The van der Waals surface area contributed by atoms with Gasteiger partial charge in [-0.1, -0.05) is 250 Å². The van der Waals surface area contributed by atoms with Crippen LogP contribution in [0.1, 0.15) is 232 Å². The molecule has 0 spiro atoms. The Bertz CT molecular complexity index is 1860. The van der Waals surface area contributed by atoms with Gasteiger partial charge in [-0.25, -0.2) is 0 Å². The molecule has 0 aromatic carbocycles. The third kappa shape index (κ3) is 63.1. The average molecular weight is 1130 g/mol. The van der Waals surface area contributed by atoms with Gasteiger partial charge in [-0.3, -0.25) is 14.2 Å². The summed E-state index contributed by atoms with van der Waals surface area (Å²) in [7, 11) is 1.14. The van der Waals surface area contributed by atoms with Crippen LogP contribution in [-0.2, 0) is 32.7 Å². The van der Waals surface area contributed by atoms with Crippen LogP contribution < -0.4 is 4.89 Å². The molecule has 0 saturated heterocycles. The van der Waals surface area contributed by atoms with Crippen molar-refractivity contribution in [3.05, 3.63) is 146 Å². The number of phosphoric ester groups is 1. The molecule has 2 unspecified atom stereocenters. The number of hydrogen-bond acceptors (Lipinski definition) is 8. The zero-order valence-electron chi connectivity index (χ0n) is 51.5. The minimum atomic E-state index is -4.65. The predicted octanol–water partition coefficient (Wildman–Crippen LogP) is 19.6. The van der Waals surface area contributed by atoms with Gasteiger partial charge in [0.1, 0.15) is 19.8 Å². The second-order valence-electron chi connectivity index (χ2n) is 21.7. The summed E-state index contributed by atoms with van der Waals surface area (Å²) >= 11 is 0. The van der Waals surface area contributed by atoms with Gasteiger partial charge in [-0.15, -0.1) is 0 Å². The molecule has 0 aliphatic rings. The van der Waals surface area contributed by atoms with Crippen LogP contribution in [0.2, 0.25) is 0 Å². The number of carbonyl (C=O) groups excluding carboxylic acids is 2. The molecule has 0 N–H and O–H groups in total. The van der Waals surface area contributed by atoms with Gasteiger partial charge in [-0.2, -0.15) is 0 Å². The SMILES string of the molecule is CC/C=C\C/C=C\C/C=C\C/C=C\C/C=C\C/C=C\C/C=C\CCCCCCCCCCCC(=O)OC(COC(=O)CCCCCCCCCCC/C=C\C/C=C\C/C=C\C/C=C\C/C=C\CC)COP(=O)([O-])OCC[N+](C)(C)C. The number of ether oxygens (including phenoxy) is 2. The number of allylic oxidation sites excluding steroid dienone is 24. The molecule has 9 nitrogen and oxygen atoms in total. The number of carbonyl (C=O) groups is 2. The number of hydrogen-bond donors (Lipinski definition) is 0. The number of unbranched alkanes of at least 4 members (excludes halogenated alkanes) is 18. The fourth-order valence-electron chi connectivity index (χ4n) is 8.07. The van der Waals surface area contributed by atoms with Gasteiger partial charge in [0, 0.05) is 12.8 Å². The molecular formula is C70H116NO8P. The van der Waals surface area contributed by atoms with Crippen LogP contribution in [-0.4, -0.2) is 70.0 Å². The maximum Gasteiger partial charge on any atom is 0.306 e. The molecule has 0 aromatic heterocycles. The molecule has 80 heavy (non-hydrogen) atoms. The van der Waals surface area contributed by atoms with Gasteiger partial charge in [0.15, 0.2) is 6.10 Å². The van der Waals surface area contributed by atoms with Crippen LogP contribution >= 0.6 is 7.82 Å². The number of rotatable bonds is 56. The van der Waals surface area contributed by atoms with Crippen molar-refractivity contribution in [2.45, 2.75) is 238 Å². The second-order valence-corrected chi connectivity index (χ2v) is 23.1. The number of esters is 2. The minimum absolute atomic E-state index is 0.0411. The number of nitrogens with zero attached hydrogens (tertiary/aromatic N) is 1. The molecule has 2 atom stereocenters. The van der Waals surface area contributed by atoms with Crippen molar-refractivity contribution in [1.29, 1.82) is 0 Å². The first-order valence-corrected chi connectivity index (χ1v) is 33.0. The molecule has 10 heteroatoms. The lowest BCUT2D eigenvalue weighted by Crippen LogP contribution is -2.37. The quantitative estimate of drug-likeness (QED) is 0.0195. The third-order valence-corrected chi connectivity index (χ3v) is 13.8. The van der Waals surface area contributed by atoms with Crippen molar-refractivity contribution in [3.63, 3.8) is 0 Å². The minimum Gasteiger partial charge on any atom is -0.756 e. The lowest BCUT2D eigenvalue weighted by Gasteiger charge is -2.28. The molecule has 454 valence electrons. The summed E-state index contributed by atoms with van der Waals surface area (Å²) in [4.78, 5) is 38.0. The van der Waals surface area contributed by atoms with Crippen molar-refractivity contribution in [2.24, 2.45) is 0 Å². The first kappa shape index (κ1) is 75.9. The van der Waals surface area contributed by atoms with Gasteiger partial charge in [0.05, 0.1) is 27.7 Å². The second kappa shape index (κ2) is 59.5. The molecule has 0 radical (unpaired) electrons. The highest BCUT2D eigenvalue weighted by molar-refractivity contribution is 7.45. The van der Waals surface area contributed by atoms with Crippen molar-refractivity contribution in [3.8, 4) is 0 Å². The summed E-state index contributed by atoms with van der Waals surface area (Å²) in [6, 6.07) is 0. The van der Waals surface area contributed by atoms with Crippen molar-refractivity contribution >= 4 is 19.8 Å². The summed E-state index contributed by atoms with van der Waals surface area (Å²) in [5, 5.41) is 0. The maximum atomic E-state index is 12.8. The Morgan fingerprint density at radius 1 is 0.388 bits per heavy atom. The topological polar surface area (TPSA) is 111 Å². The van der Waals surface area contributed by atoms with Gasteiger partial charge in [0.2, 0.25) is 0 Å². The average Bonchev–Trinajstić information content (AvgIpc) is 3.42. The van der Waals surface area contributed by atoms with Crippen LogP contribution in [0, 0.1) is 0 Å². The highest BCUT2D eigenvalue weighted by atomic mass is 31.2. The Balaban J connectivity index is 4.19. The van der Waals surface area contributed by atoms with Gasteiger partial charge in [0.25, 0.3) is 7.82 Å². The number of phosphoric acid groups is 1. The van der Waals surface area contributed by atoms with Crippen LogP contribution in [0.15, 0.2) is 146 Å². The van der Waals surface area contributed by atoms with E-state index in [9.17, 15) is 19.0 Å². The summed E-state index contributed by atoms with van der Waals surface area (Å²) in [6.07, 6.45) is 87.5. The van der Waals surface area contributed by atoms with E-state index in [4.69, 9.17) is 18.5 Å². The lowest BCUT2D eigenvalue weighted by atomic mass is 10.1. The van der Waals surface area contributed by atoms with E-state index in [2.05, 4.69) is 160 Å². The van der Waals surface area contributed by atoms with Crippen molar-refractivity contribution < 1.29 is 42.1 Å². The van der Waals surface area contributed by atoms with Gasteiger partial charge >= 0.3 is 11.9 Å². The summed E-state index contributed by atoms with van der Waals surface area (Å²) < 4.78 is 34.2. The van der Waals surface area contributed by atoms with E-state index in [0.29, 0.717) is 23.9 Å². The number of likely N-dealkylation sites (N-methyl/N-ethyl adjacent to an activating group) is 1. The Hall–Kier alpha value is -4.11. The van der Waals surface area contributed by atoms with Crippen LogP contribution in [0.5, 0.6) is 0 Å². The Morgan fingerprint density at radius 3 is 1.00 bits per heavy atom. The molecule has 0 aromatic rings. The molecular weight excluding hydrogens is 1010 g/mol. The first-order valence-electron chi connectivity index (χ1n) is 31.5. The summed E-state index contributed by atoms with van der Waals surface area (Å²) in [5.41, 5.74) is 0. The fourth-order valence-corrected chi connectivity index (χ4v) is 8.80. The van der Waals surface area contributed by atoms with E-state index in [0.717, 1.165) is 128 Å². The van der Waals surface area contributed by atoms with Crippen LogP contribution in [0.3, 0.4) is 0 Å². The monoisotopic (exact) mass is 1130 g/mol. The molecule has 0 amide bonds. The summed E-state index contributed by atoms with van der Waals surface area (Å²) in [6.45, 7) is 3.99. The Labute approximate surface area is 491 Å². The molecule has 0 aliphatic carbocycles. The molecule has 0 rings (SSSR count). The van der Waals surface area contributed by atoms with Crippen molar-refractivity contribution in [2.75, 3.05) is 47.5 Å². The molecule has 0 saturated carbocycles. The number of quaternary nitrogens is 1. The van der Waals surface area contributed by atoms with E-state index in [1.807, 2.05) is 21.1 Å². The molecule has 0 aliphatic heterocycles. The fraction of sp³-hybridized carbons (Fsp3) is 0.629. The van der Waals surface area contributed by atoms with Gasteiger partial charge < -0.3 is 27.9 Å². The largest absolute Gasteiger partial charge is 0.756 e. The first-order chi connectivity index (χ1) is 39.0. The van der Waals surface area contributed by atoms with E-state index in [1.165, 1.54) is 64.2 Å². The van der Waals surface area contributed by atoms with Gasteiger partial charge in [-0.05, 0) is 116 Å². The molecule has 0 bridgehead atoms. The van der Waals surface area contributed by atoms with E-state index < -0.39 is 32.5 Å². The Morgan fingerprint density at radius 2 is 0.675 bits per heavy atom. The molecule has 0 heterocycles. The highest BCUT2D eigenvalue weighted by Crippen LogP contribution is 2.38. The zero-order chi connectivity index (χ0) is 58.4. The zero-order valence-corrected chi connectivity index (χ0v) is 52.4. The van der Waals surface area contributed by atoms with Crippen LogP contribution in [0.25, 0.3) is 0 Å². The lowest BCUT2D eigenvalue weighted by molar-refractivity contribution is -0.870. The third-order valence-electron chi connectivity index (χ3n) is 12.9. The van der Waals surface area contributed by atoms with Crippen molar-refractivity contribution in [1.82, 2.24) is 0 Å². The normalized spacial score (nSPS) is 14.2. The highest BCUT2D eigenvalue weighted by Gasteiger charge is 2.22.